The molecule has 3 rings (SSSR count). The third kappa shape index (κ3) is 6.74. The monoisotopic (exact) mass is 530 g/mol. The number of hydrogen-bond acceptors (Lipinski definition) is 5. The summed E-state index contributed by atoms with van der Waals surface area (Å²) < 4.78 is 18.8. The lowest BCUT2D eigenvalue weighted by Gasteiger charge is -2.14. The van der Waals surface area contributed by atoms with Crippen molar-refractivity contribution in [1.82, 2.24) is 25.8 Å². The van der Waals surface area contributed by atoms with E-state index in [1.807, 2.05) is 18.4 Å². The van der Waals surface area contributed by atoms with Crippen molar-refractivity contribution in [2.24, 2.45) is 4.99 Å². The number of H-pyrrole nitrogens is 1. The first-order chi connectivity index (χ1) is 13.7. The first-order valence-corrected chi connectivity index (χ1v) is 10.2. The van der Waals surface area contributed by atoms with Crippen LogP contribution in [0.2, 0.25) is 0 Å². The van der Waals surface area contributed by atoms with Crippen LogP contribution in [-0.4, -0.2) is 41.0 Å². The molecule has 0 radical (unpaired) electrons. The zero-order valence-electron chi connectivity index (χ0n) is 16.2. The van der Waals surface area contributed by atoms with E-state index in [9.17, 15) is 4.39 Å². The van der Waals surface area contributed by atoms with E-state index in [2.05, 4.69) is 30.8 Å². The van der Waals surface area contributed by atoms with Crippen molar-refractivity contribution in [3.05, 3.63) is 59.4 Å². The molecular formula is C19H24FIN6OS. The Balaban J connectivity index is 0.00000300. The van der Waals surface area contributed by atoms with E-state index in [0.29, 0.717) is 37.1 Å². The topological polar surface area (TPSA) is 91.1 Å². The molecule has 0 spiro atoms. The summed E-state index contributed by atoms with van der Waals surface area (Å²) in [4.78, 5) is 8.64. The van der Waals surface area contributed by atoms with Crippen LogP contribution in [-0.2, 0) is 18.7 Å². The van der Waals surface area contributed by atoms with Gasteiger partial charge in [-0.2, -0.15) is 16.9 Å². The van der Waals surface area contributed by atoms with Gasteiger partial charge in [0.25, 0.3) is 0 Å². The molecule has 2 heterocycles. The highest BCUT2D eigenvalue weighted by Crippen LogP contribution is 2.17. The summed E-state index contributed by atoms with van der Waals surface area (Å²) in [7, 11) is 1.71. The lowest BCUT2D eigenvalue weighted by Crippen LogP contribution is -2.38. The number of thioether (sulfide) groups is 1. The van der Waals surface area contributed by atoms with E-state index >= 15 is 0 Å². The molecule has 0 fully saturated rings. The van der Waals surface area contributed by atoms with E-state index in [1.54, 1.807) is 37.2 Å². The van der Waals surface area contributed by atoms with Gasteiger partial charge in [0, 0.05) is 32.3 Å². The number of halogens is 2. The van der Waals surface area contributed by atoms with Crippen LogP contribution in [0.3, 0.4) is 0 Å². The SMILES string of the molecule is CN=C(NCCc1nc(-c2ccco2)n[nH]1)NCc1ccc(F)cc1CSC.I. The zero-order chi connectivity index (χ0) is 19.8. The zero-order valence-corrected chi connectivity index (χ0v) is 19.4. The Morgan fingerprint density at radius 2 is 2.14 bits per heavy atom. The Morgan fingerprint density at radius 1 is 1.28 bits per heavy atom. The molecule has 3 aromatic rings. The molecule has 7 nitrogen and oxygen atoms in total. The molecule has 10 heteroatoms. The molecule has 29 heavy (non-hydrogen) atoms. The lowest BCUT2D eigenvalue weighted by molar-refractivity contribution is 0.577. The minimum absolute atomic E-state index is 0. The summed E-state index contributed by atoms with van der Waals surface area (Å²) >= 11 is 1.67. The summed E-state index contributed by atoms with van der Waals surface area (Å²) in [5.74, 6) is 3.16. The Bertz CT molecular complexity index is 915. The maximum Gasteiger partial charge on any atom is 0.216 e. The number of hydrogen-bond donors (Lipinski definition) is 3. The highest BCUT2D eigenvalue weighted by Gasteiger charge is 2.09. The highest BCUT2D eigenvalue weighted by molar-refractivity contribution is 14.0. The van der Waals surface area contributed by atoms with Gasteiger partial charge >= 0.3 is 0 Å². The van der Waals surface area contributed by atoms with Crippen molar-refractivity contribution in [3.63, 3.8) is 0 Å². The third-order valence-corrected chi connectivity index (χ3v) is 4.67. The van der Waals surface area contributed by atoms with E-state index in [-0.39, 0.29) is 29.8 Å². The molecule has 0 aliphatic heterocycles. The highest BCUT2D eigenvalue weighted by atomic mass is 127. The van der Waals surface area contributed by atoms with Gasteiger partial charge in [-0.1, -0.05) is 6.07 Å². The van der Waals surface area contributed by atoms with Gasteiger partial charge in [-0.3, -0.25) is 10.1 Å². The van der Waals surface area contributed by atoms with Crippen molar-refractivity contribution >= 4 is 41.7 Å². The van der Waals surface area contributed by atoms with Gasteiger partial charge in [-0.15, -0.1) is 24.0 Å². The fourth-order valence-electron chi connectivity index (χ4n) is 2.68. The second-order valence-electron chi connectivity index (χ2n) is 6.03. The number of guanidine groups is 1. The Kier molecular flexibility index (Phi) is 9.45. The van der Waals surface area contributed by atoms with Crippen LogP contribution in [0.15, 0.2) is 46.0 Å². The summed E-state index contributed by atoms with van der Waals surface area (Å²) in [5.41, 5.74) is 2.04. The van der Waals surface area contributed by atoms with Crippen LogP contribution in [0.1, 0.15) is 17.0 Å². The molecule has 2 aromatic heterocycles. The van der Waals surface area contributed by atoms with Crippen LogP contribution >= 0.6 is 35.7 Å². The summed E-state index contributed by atoms with van der Waals surface area (Å²) in [6, 6.07) is 8.50. The van der Waals surface area contributed by atoms with Crippen molar-refractivity contribution < 1.29 is 8.81 Å². The van der Waals surface area contributed by atoms with Crippen LogP contribution in [0.5, 0.6) is 0 Å². The predicted molar refractivity (Wildman–Crippen MR) is 125 cm³/mol. The van der Waals surface area contributed by atoms with Crippen molar-refractivity contribution in [2.75, 3.05) is 19.8 Å². The molecule has 0 unspecified atom stereocenters. The average molecular weight is 530 g/mol. The van der Waals surface area contributed by atoms with E-state index in [1.165, 1.54) is 6.07 Å². The minimum Gasteiger partial charge on any atom is -0.461 e. The van der Waals surface area contributed by atoms with Crippen LogP contribution in [0, 0.1) is 5.82 Å². The Labute approximate surface area is 190 Å². The fraction of sp³-hybridized carbons (Fsp3) is 0.316. The largest absolute Gasteiger partial charge is 0.461 e. The van der Waals surface area contributed by atoms with Crippen molar-refractivity contribution in [3.8, 4) is 11.6 Å². The van der Waals surface area contributed by atoms with E-state index in [0.717, 1.165) is 22.7 Å². The number of aliphatic imine (C=N–C) groups is 1. The van der Waals surface area contributed by atoms with Crippen LogP contribution in [0.4, 0.5) is 4.39 Å². The number of rotatable bonds is 8. The predicted octanol–water partition coefficient (Wildman–Crippen LogP) is 3.59. The third-order valence-electron chi connectivity index (χ3n) is 4.07. The smallest absolute Gasteiger partial charge is 0.216 e. The van der Waals surface area contributed by atoms with Gasteiger partial charge in [0.2, 0.25) is 5.82 Å². The van der Waals surface area contributed by atoms with Gasteiger partial charge in [-0.25, -0.2) is 9.37 Å². The van der Waals surface area contributed by atoms with Crippen LogP contribution < -0.4 is 10.6 Å². The molecule has 156 valence electrons. The number of aromatic nitrogens is 3. The molecule has 0 saturated carbocycles. The van der Waals surface area contributed by atoms with Crippen molar-refractivity contribution in [2.45, 2.75) is 18.7 Å². The molecule has 0 aliphatic carbocycles. The van der Waals surface area contributed by atoms with E-state index < -0.39 is 0 Å². The maximum atomic E-state index is 13.5. The molecule has 0 bridgehead atoms. The molecule has 1 aromatic carbocycles. The molecular weight excluding hydrogens is 506 g/mol. The normalized spacial score (nSPS) is 11.2. The maximum absolute atomic E-state index is 13.5. The molecule has 0 aliphatic rings. The molecule has 3 N–H and O–H groups in total. The summed E-state index contributed by atoms with van der Waals surface area (Å²) in [6.07, 6.45) is 4.25. The van der Waals surface area contributed by atoms with Gasteiger partial charge in [0.15, 0.2) is 11.7 Å². The fourth-order valence-corrected chi connectivity index (χ4v) is 3.26. The number of benzene rings is 1. The van der Waals surface area contributed by atoms with E-state index in [4.69, 9.17) is 4.42 Å². The Hall–Kier alpha value is -2.08. The second kappa shape index (κ2) is 11.8. The van der Waals surface area contributed by atoms with Gasteiger partial charge in [-0.05, 0) is 41.6 Å². The Morgan fingerprint density at radius 3 is 2.86 bits per heavy atom. The van der Waals surface area contributed by atoms with Gasteiger partial charge < -0.3 is 15.1 Å². The van der Waals surface area contributed by atoms with Gasteiger partial charge in [0.1, 0.15) is 11.6 Å². The second-order valence-corrected chi connectivity index (χ2v) is 6.90. The molecule has 0 saturated heterocycles. The average Bonchev–Trinajstić information content (AvgIpc) is 3.37. The van der Waals surface area contributed by atoms with Crippen molar-refractivity contribution in [1.29, 1.82) is 0 Å². The minimum atomic E-state index is -0.212. The number of nitrogens with one attached hydrogen (secondary N) is 3. The number of furan rings is 1. The first-order valence-electron chi connectivity index (χ1n) is 8.85. The quantitative estimate of drug-likeness (QED) is 0.234. The standard InChI is InChI=1S/C19H23FN6OS.HI/c1-21-19(23-11-13-5-6-15(20)10-14(13)12-28-2)22-8-7-17-24-18(26-25-17)16-4-3-9-27-16;/h3-6,9-10H,7-8,11-12H2,1-2H3,(H2,21,22,23)(H,24,25,26);1H. The summed E-state index contributed by atoms with van der Waals surface area (Å²) in [5, 5.41) is 13.6. The molecule has 0 atom stereocenters. The lowest BCUT2D eigenvalue weighted by atomic mass is 10.1. The number of aromatic amines is 1. The first kappa shape index (κ1) is 23.2. The number of nitrogens with zero attached hydrogens (tertiary/aromatic N) is 3. The van der Waals surface area contributed by atoms with Crippen LogP contribution in [0.25, 0.3) is 11.6 Å². The molecule has 0 amide bonds. The summed E-state index contributed by atoms with van der Waals surface area (Å²) in [6.45, 7) is 1.20. The van der Waals surface area contributed by atoms with Gasteiger partial charge in [0.05, 0.1) is 6.26 Å².